The van der Waals surface area contributed by atoms with Crippen LogP contribution in [0.3, 0.4) is 0 Å². The van der Waals surface area contributed by atoms with Crippen molar-refractivity contribution < 1.29 is 46.7 Å². The molecule has 2 N–H and O–H groups in total. The lowest BCUT2D eigenvalue weighted by molar-refractivity contribution is -0.384. The van der Waals surface area contributed by atoms with Gasteiger partial charge in [-0.1, -0.05) is 0 Å². The topological polar surface area (TPSA) is 189 Å². The summed E-state index contributed by atoms with van der Waals surface area (Å²) in [6.45, 7) is 5.30. The van der Waals surface area contributed by atoms with Crippen molar-refractivity contribution in [2.75, 3.05) is 12.4 Å². The predicted molar refractivity (Wildman–Crippen MR) is 107 cm³/mol. The Morgan fingerprint density at radius 3 is 2.25 bits per heavy atom. The molecule has 0 aliphatic rings. The van der Waals surface area contributed by atoms with Crippen molar-refractivity contribution in [1.82, 2.24) is 10.9 Å². The average molecular weight is 477 g/mol. The van der Waals surface area contributed by atoms with Gasteiger partial charge in [-0.05, 0) is 39.8 Å². The fourth-order valence-electron chi connectivity index (χ4n) is 1.80. The van der Waals surface area contributed by atoms with Crippen molar-refractivity contribution in [2.45, 2.75) is 38.7 Å². The molecule has 14 nitrogen and oxygen atoms in total. The lowest BCUT2D eigenvalue weighted by atomic mass is 10.2. The van der Waals surface area contributed by atoms with E-state index in [1.54, 1.807) is 20.8 Å². The van der Waals surface area contributed by atoms with Crippen LogP contribution >= 0.6 is 0 Å². The molecule has 0 aliphatic carbocycles. The molecule has 1 amide bonds. The number of nitrogens with one attached hydrogen (secondary N) is 2. The molecular formula is C17H23N3O11S. The van der Waals surface area contributed by atoms with Gasteiger partial charge in [-0.3, -0.25) is 15.5 Å². The van der Waals surface area contributed by atoms with E-state index in [1.165, 1.54) is 19.1 Å². The molecule has 15 heteroatoms. The number of ether oxygens (including phenoxy) is 4. The fourth-order valence-corrected chi connectivity index (χ4v) is 2.71. The minimum atomic E-state index is -3.90. The standard InChI is InChI=1S/C17H23N3O11S/c1-11(18-19-14(21)30-16(23)31-17(2,3)4)32(26,27)10-9-28-15(22)29-13-7-5-12(6-8-13)20(24)25/h5-8,11,18H,9-10H2,1-4H3,(H,19,21). The Labute approximate surface area is 183 Å². The van der Waals surface area contributed by atoms with Crippen LogP contribution in [0, 0.1) is 10.1 Å². The van der Waals surface area contributed by atoms with Gasteiger partial charge in [0, 0.05) is 12.1 Å². The number of sulfone groups is 1. The summed E-state index contributed by atoms with van der Waals surface area (Å²) in [4.78, 5) is 44.4. The van der Waals surface area contributed by atoms with Crippen molar-refractivity contribution in [3.05, 3.63) is 34.4 Å². The number of carbonyl (C=O) groups excluding carboxylic acids is 3. The molecule has 1 rings (SSSR count). The average Bonchev–Trinajstić information content (AvgIpc) is 2.64. The van der Waals surface area contributed by atoms with Crippen LogP contribution in [-0.4, -0.2) is 55.1 Å². The molecule has 1 atom stereocenters. The van der Waals surface area contributed by atoms with Crippen LogP contribution in [0.25, 0.3) is 0 Å². The van der Waals surface area contributed by atoms with Gasteiger partial charge in [0.15, 0.2) is 9.84 Å². The van der Waals surface area contributed by atoms with Crippen molar-refractivity contribution in [3.8, 4) is 5.75 Å². The number of carbonyl (C=O) groups is 3. The van der Waals surface area contributed by atoms with E-state index >= 15 is 0 Å². The largest absolute Gasteiger partial charge is 0.517 e. The summed E-state index contributed by atoms with van der Waals surface area (Å²) in [5, 5.41) is 9.24. The minimum Gasteiger partial charge on any atom is -0.433 e. The smallest absolute Gasteiger partial charge is 0.433 e. The second-order valence-corrected chi connectivity index (χ2v) is 9.53. The van der Waals surface area contributed by atoms with Crippen LogP contribution in [0.2, 0.25) is 0 Å². The highest BCUT2D eigenvalue weighted by Gasteiger charge is 2.24. The molecule has 0 spiro atoms. The number of hydrogen-bond donors (Lipinski definition) is 2. The van der Waals surface area contributed by atoms with E-state index < -0.39 is 56.5 Å². The summed E-state index contributed by atoms with van der Waals surface area (Å²) in [5.74, 6) is -0.662. The highest BCUT2D eigenvalue weighted by atomic mass is 32.2. The van der Waals surface area contributed by atoms with Crippen LogP contribution in [-0.2, 0) is 24.0 Å². The number of benzene rings is 1. The Hall–Kier alpha value is -3.46. The van der Waals surface area contributed by atoms with E-state index in [1.807, 2.05) is 5.43 Å². The zero-order chi connectivity index (χ0) is 24.5. The van der Waals surface area contributed by atoms with Gasteiger partial charge in [0.2, 0.25) is 0 Å². The number of non-ortho nitro benzene ring substituents is 1. The molecule has 178 valence electrons. The molecule has 0 heterocycles. The Morgan fingerprint density at radius 1 is 1.12 bits per heavy atom. The van der Waals surface area contributed by atoms with Crippen molar-refractivity contribution in [2.24, 2.45) is 0 Å². The first-order valence-electron chi connectivity index (χ1n) is 8.96. The highest BCUT2D eigenvalue weighted by molar-refractivity contribution is 7.91. The number of amides is 1. The number of nitrogens with zero attached hydrogens (tertiary/aromatic N) is 1. The normalized spacial score (nSPS) is 12.2. The maximum absolute atomic E-state index is 12.2. The summed E-state index contributed by atoms with van der Waals surface area (Å²) in [6, 6.07) is 4.57. The lowest BCUT2D eigenvalue weighted by Crippen LogP contribution is -2.48. The van der Waals surface area contributed by atoms with Crippen LogP contribution in [0.4, 0.5) is 20.1 Å². The molecule has 0 bridgehead atoms. The van der Waals surface area contributed by atoms with Crippen LogP contribution in [0.1, 0.15) is 27.7 Å². The third-order valence-electron chi connectivity index (χ3n) is 3.32. The second-order valence-electron chi connectivity index (χ2n) is 7.08. The highest BCUT2D eigenvalue weighted by Crippen LogP contribution is 2.17. The van der Waals surface area contributed by atoms with Crippen molar-refractivity contribution in [1.29, 1.82) is 0 Å². The summed E-state index contributed by atoms with van der Waals surface area (Å²) in [5.41, 5.74) is 2.92. The SMILES string of the molecule is CC(NNC(=O)OC(=O)OC(C)(C)C)S(=O)(=O)CCOC(=O)Oc1ccc([N+](=O)[O-])cc1. The Balaban J connectivity index is 2.40. The van der Waals surface area contributed by atoms with E-state index in [2.05, 4.69) is 14.9 Å². The van der Waals surface area contributed by atoms with Crippen LogP contribution in [0.5, 0.6) is 5.75 Å². The van der Waals surface area contributed by atoms with Gasteiger partial charge in [0.05, 0.1) is 10.7 Å². The van der Waals surface area contributed by atoms with Gasteiger partial charge in [-0.25, -0.2) is 28.2 Å². The molecule has 1 unspecified atom stereocenters. The Morgan fingerprint density at radius 2 is 1.72 bits per heavy atom. The van der Waals surface area contributed by atoms with Gasteiger partial charge < -0.3 is 18.9 Å². The van der Waals surface area contributed by atoms with Crippen molar-refractivity contribution in [3.63, 3.8) is 0 Å². The van der Waals surface area contributed by atoms with E-state index in [0.29, 0.717) is 0 Å². The number of hydrogen-bond acceptors (Lipinski definition) is 12. The molecule has 0 fully saturated rings. The molecule has 0 saturated heterocycles. The van der Waals surface area contributed by atoms with Gasteiger partial charge in [0.1, 0.15) is 23.3 Å². The van der Waals surface area contributed by atoms with E-state index in [-0.39, 0.29) is 11.4 Å². The molecular weight excluding hydrogens is 454 g/mol. The molecule has 0 radical (unpaired) electrons. The molecule has 0 aliphatic heterocycles. The first-order valence-corrected chi connectivity index (χ1v) is 10.7. The first-order chi connectivity index (χ1) is 14.7. The van der Waals surface area contributed by atoms with Gasteiger partial charge >= 0.3 is 18.4 Å². The number of nitro groups is 1. The van der Waals surface area contributed by atoms with Crippen LogP contribution in [0.15, 0.2) is 24.3 Å². The summed E-state index contributed by atoms with van der Waals surface area (Å²) >= 11 is 0. The lowest BCUT2D eigenvalue weighted by Gasteiger charge is -2.19. The second kappa shape index (κ2) is 11.2. The minimum absolute atomic E-state index is 0.0359. The molecule has 0 saturated carbocycles. The Bertz CT molecular complexity index is 939. The zero-order valence-corrected chi connectivity index (χ0v) is 18.5. The van der Waals surface area contributed by atoms with E-state index in [9.17, 15) is 32.9 Å². The monoisotopic (exact) mass is 477 g/mol. The maximum atomic E-state index is 12.2. The van der Waals surface area contributed by atoms with E-state index in [4.69, 9.17) is 9.47 Å². The Kier molecular flexibility index (Phi) is 9.34. The van der Waals surface area contributed by atoms with Crippen molar-refractivity contribution >= 4 is 33.9 Å². The van der Waals surface area contributed by atoms with Gasteiger partial charge in [0.25, 0.3) is 5.69 Å². The third kappa shape index (κ3) is 10.0. The quantitative estimate of drug-likeness (QED) is 0.182. The third-order valence-corrected chi connectivity index (χ3v) is 5.25. The number of rotatable bonds is 8. The molecule has 1 aromatic carbocycles. The summed E-state index contributed by atoms with van der Waals surface area (Å²) in [6.07, 6.45) is -3.77. The predicted octanol–water partition coefficient (Wildman–Crippen LogP) is 2.04. The zero-order valence-electron chi connectivity index (χ0n) is 17.6. The molecule has 0 aromatic heterocycles. The number of nitro benzene ring substituents is 1. The maximum Gasteiger partial charge on any atom is 0.517 e. The number of hydrazine groups is 1. The first kappa shape index (κ1) is 26.6. The fraction of sp³-hybridized carbons (Fsp3) is 0.471. The van der Waals surface area contributed by atoms with Gasteiger partial charge in [-0.15, -0.1) is 0 Å². The molecule has 1 aromatic rings. The summed E-state index contributed by atoms with van der Waals surface area (Å²) < 4.78 is 42.8. The van der Waals surface area contributed by atoms with Crippen LogP contribution < -0.4 is 15.6 Å². The van der Waals surface area contributed by atoms with Gasteiger partial charge in [-0.2, -0.15) is 0 Å². The van der Waals surface area contributed by atoms with E-state index in [0.717, 1.165) is 12.1 Å². The summed E-state index contributed by atoms with van der Waals surface area (Å²) in [7, 11) is -3.90. The molecule has 32 heavy (non-hydrogen) atoms.